The fourth-order valence-corrected chi connectivity index (χ4v) is 1.96. The van der Waals surface area contributed by atoms with Crippen LogP contribution in [0.3, 0.4) is 0 Å². The van der Waals surface area contributed by atoms with Crippen molar-refractivity contribution in [2.45, 2.75) is 5.25 Å². The average molecular weight is 148 g/mol. The predicted molar refractivity (Wildman–Crippen MR) is 33.8 cm³/mol. The maximum atomic E-state index is 10.8. The van der Waals surface area contributed by atoms with Gasteiger partial charge in [0.1, 0.15) is 5.25 Å². The topological polar surface area (TPSA) is 54.4 Å². The first kappa shape index (κ1) is 6.77. The van der Waals surface area contributed by atoms with Gasteiger partial charge in [-0.2, -0.15) is 0 Å². The molecule has 0 aliphatic carbocycles. The molecule has 0 radical (unpaired) electrons. The van der Waals surface area contributed by atoms with Gasteiger partial charge in [-0.1, -0.05) is 12.2 Å². The van der Waals surface area contributed by atoms with E-state index >= 15 is 0 Å². The maximum absolute atomic E-state index is 10.8. The molecular weight excluding hydrogens is 140 g/mol. The molecule has 1 aliphatic heterocycles. The summed E-state index contributed by atoms with van der Waals surface area (Å²) < 4.78 is 21.5. The van der Waals surface area contributed by atoms with Crippen LogP contribution in [-0.2, 0) is 9.84 Å². The van der Waals surface area contributed by atoms with Crippen LogP contribution in [0.1, 0.15) is 0 Å². The largest absolute Gasteiger partial charge is 0.395 e. The molecule has 4 heteroatoms. The Bertz CT molecular complexity index is 214. The Morgan fingerprint density at radius 2 is 2.33 bits per heavy atom. The van der Waals surface area contributed by atoms with Crippen LogP contribution in [0, 0.1) is 0 Å². The predicted octanol–water partition coefficient (Wildman–Crippen LogP) is -0.668. The van der Waals surface area contributed by atoms with Gasteiger partial charge < -0.3 is 5.11 Å². The molecule has 0 amide bonds. The van der Waals surface area contributed by atoms with Crippen molar-refractivity contribution in [1.82, 2.24) is 0 Å². The molecular formula is C5H8O3S. The second-order valence-electron chi connectivity index (χ2n) is 1.98. The zero-order valence-corrected chi connectivity index (χ0v) is 5.63. The van der Waals surface area contributed by atoms with Gasteiger partial charge >= 0.3 is 0 Å². The van der Waals surface area contributed by atoms with Crippen LogP contribution in [0.5, 0.6) is 0 Å². The van der Waals surface area contributed by atoms with Crippen molar-refractivity contribution in [2.75, 3.05) is 12.4 Å². The standard InChI is InChI=1S/C5H8O3S/c6-4-5-2-1-3-9(5,7)8/h1-2,5-6H,3-4H2. The lowest BCUT2D eigenvalue weighted by atomic mass is 10.4. The van der Waals surface area contributed by atoms with Crippen LogP contribution < -0.4 is 0 Å². The van der Waals surface area contributed by atoms with Crippen LogP contribution in [0.25, 0.3) is 0 Å². The lowest BCUT2D eigenvalue weighted by Gasteiger charge is -2.00. The van der Waals surface area contributed by atoms with E-state index in [0.717, 1.165) is 0 Å². The first-order valence-corrected chi connectivity index (χ1v) is 4.37. The summed E-state index contributed by atoms with van der Waals surface area (Å²) >= 11 is 0. The van der Waals surface area contributed by atoms with Gasteiger partial charge in [0.25, 0.3) is 0 Å². The summed E-state index contributed by atoms with van der Waals surface area (Å²) in [4.78, 5) is 0. The lowest BCUT2D eigenvalue weighted by molar-refractivity contribution is 0.304. The number of hydrogen-bond donors (Lipinski definition) is 1. The van der Waals surface area contributed by atoms with Gasteiger partial charge in [0.2, 0.25) is 0 Å². The van der Waals surface area contributed by atoms with Crippen molar-refractivity contribution in [3.8, 4) is 0 Å². The SMILES string of the molecule is O=S1(=O)CC=CC1CO. The van der Waals surface area contributed by atoms with Gasteiger partial charge in [-0.05, 0) is 0 Å². The average Bonchev–Trinajstić information content (AvgIpc) is 2.08. The van der Waals surface area contributed by atoms with Crippen LogP contribution in [-0.4, -0.2) is 31.1 Å². The molecule has 1 N–H and O–H groups in total. The molecule has 0 aromatic rings. The van der Waals surface area contributed by atoms with Gasteiger partial charge in [-0.25, -0.2) is 8.42 Å². The van der Waals surface area contributed by atoms with E-state index in [-0.39, 0.29) is 12.4 Å². The Labute approximate surface area is 53.9 Å². The van der Waals surface area contributed by atoms with E-state index in [0.29, 0.717) is 0 Å². The summed E-state index contributed by atoms with van der Waals surface area (Å²) in [6, 6.07) is 0. The highest BCUT2D eigenvalue weighted by molar-refractivity contribution is 7.92. The smallest absolute Gasteiger partial charge is 0.162 e. The number of hydrogen-bond acceptors (Lipinski definition) is 3. The zero-order valence-electron chi connectivity index (χ0n) is 4.82. The minimum atomic E-state index is -3.00. The highest BCUT2D eigenvalue weighted by Gasteiger charge is 2.24. The van der Waals surface area contributed by atoms with Gasteiger partial charge in [0.15, 0.2) is 9.84 Å². The highest BCUT2D eigenvalue weighted by atomic mass is 32.2. The first-order valence-electron chi connectivity index (χ1n) is 2.66. The van der Waals surface area contributed by atoms with Crippen molar-refractivity contribution >= 4 is 9.84 Å². The van der Waals surface area contributed by atoms with Crippen molar-refractivity contribution in [3.05, 3.63) is 12.2 Å². The molecule has 0 bridgehead atoms. The molecule has 1 heterocycles. The summed E-state index contributed by atoms with van der Waals surface area (Å²) in [5, 5.41) is 7.83. The second-order valence-corrected chi connectivity index (χ2v) is 4.24. The van der Waals surface area contributed by atoms with E-state index in [1.807, 2.05) is 0 Å². The third-order valence-electron chi connectivity index (χ3n) is 1.32. The van der Waals surface area contributed by atoms with Crippen molar-refractivity contribution < 1.29 is 13.5 Å². The zero-order chi connectivity index (χ0) is 6.91. The maximum Gasteiger partial charge on any atom is 0.162 e. The number of sulfone groups is 1. The van der Waals surface area contributed by atoms with Gasteiger partial charge in [-0.3, -0.25) is 0 Å². The Balaban J connectivity index is 2.85. The third kappa shape index (κ3) is 1.14. The fourth-order valence-electron chi connectivity index (χ4n) is 0.759. The molecule has 1 unspecified atom stereocenters. The minimum absolute atomic E-state index is 0.0816. The molecule has 0 saturated heterocycles. The molecule has 1 rings (SSSR count). The van der Waals surface area contributed by atoms with E-state index in [1.54, 1.807) is 6.08 Å². The Kier molecular flexibility index (Phi) is 1.59. The summed E-state index contributed by atoms with van der Waals surface area (Å²) in [7, 11) is -3.00. The summed E-state index contributed by atoms with van der Waals surface area (Å²) in [5.41, 5.74) is 0. The van der Waals surface area contributed by atoms with Gasteiger partial charge in [-0.15, -0.1) is 0 Å². The van der Waals surface area contributed by atoms with Crippen molar-refractivity contribution in [1.29, 1.82) is 0 Å². The minimum Gasteiger partial charge on any atom is -0.395 e. The van der Waals surface area contributed by atoms with E-state index in [2.05, 4.69) is 0 Å². The van der Waals surface area contributed by atoms with Crippen molar-refractivity contribution in [2.24, 2.45) is 0 Å². The summed E-state index contributed by atoms with van der Waals surface area (Å²) in [6.07, 6.45) is 3.09. The molecule has 3 nitrogen and oxygen atoms in total. The number of aliphatic hydroxyl groups excluding tert-OH is 1. The molecule has 0 saturated carbocycles. The van der Waals surface area contributed by atoms with Gasteiger partial charge in [0, 0.05) is 0 Å². The van der Waals surface area contributed by atoms with Crippen LogP contribution in [0.15, 0.2) is 12.2 Å². The monoisotopic (exact) mass is 148 g/mol. The third-order valence-corrected chi connectivity index (χ3v) is 3.21. The number of rotatable bonds is 1. The molecule has 9 heavy (non-hydrogen) atoms. The molecule has 0 aromatic heterocycles. The highest BCUT2D eigenvalue weighted by Crippen LogP contribution is 2.10. The second kappa shape index (κ2) is 2.11. The molecule has 52 valence electrons. The summed E-state index contributed by atoms with van der Waals surface area (Å²) in [6.45, 7) is -0.293. The quantitative estimate of drug-likeness (QED) is 0.502. The first-order chi connectivity index (χ1) is 4.17. The van der Waals surface area contributed by atoms with Gasteiger partial charge in [0.05, 0.1) is 12.4 Å². The van der Waals surface area contributed by atoms with Crippen molar-refractivity contribution in [3.63, 3.8) is 0 Å². The molecule has 0 aromatic carbocycles. The molecule has 1 aliphatic rings. The van der Waals surface area contributed by atoms with Crippen LogP contribution >= 0.6 is 0 Å². The normalized spacial score (nSPS) is 31.0. The summed E-state index contributed by atoms with van der Waals surface area (Å²) in [5.74, 6) is 0.0816. The van der Waals surface area contributed by atoms with E-state index in [1.165, 1.54) is 6.08 Å². The Morgan fingerprint density at radius 1 is 1.67 bits per heavy atom. The van der Waals surface area contributed by atoms with E-state index in [4.69, 9.17) is 5.11 Å². The lowest BCUT2D eigenvalue weighted by Crippen LogP contribution is -2.19. The van der Waals surface area contributed by atoms with Crippen LogP contribution in [0.4, 0.5) is 0 Å². The number of aliphatic hydroxyl groups is 1. The van der Waals surface area contributed by atoms with E-state index < -0.39 is 15.1 Å². The molecule has 1 atom stereocenters. The Morgan fingerprint density at radius 3 is 2.56 bits per heavy atom. The molecule has 0 spiro atoms. The van der Waals surface area contributed by atoms with Crippen LogP contribution in [0.2, 0.25) is 0 Å². The Hall–Kier alpha value is -0.350. The van der Waals surface area contributed by atoms with E-state index in [9.17, 15) is 8.42 Å². The fraction of sp³-hybridized carbons (Fsp3) is 0.600. The molecule has 0 fully saturated rings.